The molecule has 1 unspecified atom stereocenters. The summed E-state index contributed by atoms with van der Waals surface area (Å²) >= 11 is 0. The number of hydrogen-bond acceptors (Lipinski definition) is 5. The molecule has 0 bridgehead atoms. The second-order valence-corrected chi connectivity index (χ2v) is 3.48. The van der Waals surface area contributed by atoms with Crippen molar-refractivity contribution >= 4 is 5.91 Å². The summed E-state index contributed by atoms with van der Waals surface area (Å²) in [6.45, 7) is 0.771. The molecule has 0 aliphatic carbocycles. The van der Waals surface area contributed by atoms with Crippen LogP contribution in [0.4, 0.5) is 0 Å². The van der Waals surface area contributed by atoms with E-state index in [-0.39, 0.29) is 13.2 Å². The van der Waals surface area contributed by atoms with Gasteiger partial charge in [0.1, 0.15) is 12.4 Å². The molecular formula is C12H18N2O4. The van der Waals surface area contributed by atoms with Crippen LogP contribution in [0, 0.1) is 0 Å². The lowest BCUT2D eigenvalue weighted by Gasteiger charge is -2.15. The zero-order chi connectivity index (χ0) is 13.2. The molecule has 1 aromatic carbocycles. The van der Waals surface area contributed by atoms with Crippen LogP contribution in [0.5, 0.6) is 5.75 Å². The maximum Gasteiger partial charge on any atom is 0.265 e. The van der Waals surface area contributed by atoms with Crippen molar-refractivity contribution in [2.24, 2.45) is 5.84 Å². The minimum atomic E-state index is -0.723. The standard InChI is InChI=1S/C12H18N2O4/c1-16-9-11(12(15)14-13)18-8-7-17-10-5-3-2-4-6-10/h2-6,11H,7-9,13H2,1H3,(H,14,15). The number of benzene rings is 1. The monoisotopic (exact) mass is 254 g/mol. The Bertz CT molecular complexity index is 345. The number of nitrogens with two attached hydrogens (primary N) is 1. The Hall–Kier alpha value is -1.63. The Morgan fingerprint density at radius 1 is 1.33 bits per heavy atom. The first-order valence-electron chi connectivity index (χ1n) is 5.56. The number of ether oxygens (including phenoxy) is 3. The lowest BCUT2D eigenvalue weighted by molar-refractivity contribution is -0.136. The van der Waals surface area contributed by atoms with Gasteiger partial charge < -0.3 is 14.2 Å². The molecule has 0 aliphatic rings. The zero-order valence-electron chi connectivity index (χ0n) is 10.3. The van der Waals surface area contributed by atoms with E-state index < -0.39 is 12.0 Å². The quantitative estimate of drug-likeness (QED) is 0.297. The van der Waals surface area contributed by atoms with Crippen LogP contribution in [-0.4, -0.2) is 38.9 Å². The molecule has 1 aromatic rings. The molecule has 1 rings (SSSR count). The molecule has 0 aliphatic heterocycles. The van der Waals surface area contributed by atoms with E-state index in [1.165, 1.54) is 7.11 Å². The summed E-state index contributed by atoms with van der Waals surface area (Å²) in [4.78, 5) is 11.3. The molecule has 3 N–H and O–H groups in total. The van der Waals surface area contributed by atoms with Crippen molar-refractivity contribution in [3.05, 3.63) is 30.3 Å². The largest absolute Gasteiger partial charge is 0.491 e. The highest BCUT2D eigenvalue weighted by atomic mass is 16.6. The number of amides is 1. The van der Waals surface area contributed by atoms with Crippen molar-refractivity contribution < 1.29 is 19.0 Å². The van der Waals surface area contributed by atoms with Crippen molar-refractivity contribution in [3.8, 4) is 5.75 Å². The van der Waals surface area contributed by atoms with E-state index in [0.717, 1.165) is 5.75 Å². The van der Waals surface area contributed by atoms with Gasteiger partial charge in [0.25, 0.3) is 5.91 Å². The van der Waals surface area contributed by atoms with Crippen LogP contribution in [-0.2, 0) is 14.3 Å². The Balaban J connectivity index is 2.24. The van der Waals surface area contributed by atoms with Gasteiger partial charge >= 0.3 is 0 Å². The summed E-state index contributed by atoms with van der Waals surface area (Å²) in [5.41, 5.74) is 2.02. The molecule has 0 aromatic heterocycles. The minimum Gasteiger partial charge on any atom is -0.491 e. The van der Waals surface area contributed by atoms with Gasteiger partial charge in [-0.05, 0) is 12.1 Å². The maximum atomic E-state index is 11.3. The average Bonchev–Trinajstić information content (AvgIpc) is 2.42. The van der Waals surface area contributed by atoms with Crippen LogP contribution >= 0.6 is 0 Å². The van der Waals surface area contributed by atoms with Gasteiger partial charge in [-0.15, -0.1) is 0 Å². The number of carbonyl (C=O) groups is 1. The molecule has 0 radical (unpaired) electrons. The summed E-state index contributed by atoms with van der Waals surface area (Å²) in [5.74, 6) is 5.37. The van der Waals surface area contributed by atoms with Gasteiger partial charge in [-0.25, -0.2) is 5.84 Å². The second kappa shape index (κ2) is 8.46. The zero-order valence-corrected chi connectivity index (χ0v) is 10.3. The Morgan fingerprint density at radius 2 is 2.06 bits per heavy atom. The highest BCUT2D eigenvalue weighted by molar-refractivity contribution is 5.80. The van der Waals surface area contributed by atoms with Crippen molar-refractivity contribution in [2.75, 3.05) is 26.9 Å². The van der Waals surface area contributed by atoms with Crippen LogP contribution < -0.4 is 16.0 Å². The van der Waals surface area contributed by atoms with Crippen LogP contribution in [0.2, 0.25) is 0 Å². The number of hydrogen-bond donors (Lipinski definition) is 2. The highest BCUT2D eigenvalue weighted by Crippen LogP contribution is 2.07. The van der Waals surface area contributed by atoms with Gasteiger partial charge in [0.15, 0.2) is 6.10 Å². The first kappa shape index (κ1) is 14.4. The lowest BCUT2D eigenvalue weighted by atomic mass is 10.3. The van der Waals surface area contributed by atoms with E-state index >= 15 is 0 Å². The van der Waals surface area contributed by atoms with Crippen LogP contribution in [0.15, 0.2) is 30.3 Å². The third kappa shape index (κ3) is 5.13. The Kier molecular flexibility index (Phi) is 6.78. The maximum absolute atomic E-state index is 11.3. The third-order valence-electron chi connectivity index (χ3n) is 2.17. The van der Waals surface area contributed by atoms with E-state index in [0.29, 0.717) is 6.61 Å². The van der Waals surface area contributed by atoms with Crippen molar-refractivity contribution in [3.63, 3.8) is 0 Å². The molecule has 6 nitrogen and oxygen atoms in total. The van der Waals surface area contributed by atoms with Crippen LogP contribution in [0.3, 0.4) is 0 Å². The summed E-state index contributed by atoms with van der Waals surface area (Å²) in [6, 6.07) is 9.36. The number of carbonyl (C=O) groups excluding carboxylic acids is 1. The molecule has 6 heteroatoms. The first-order valence-corrected chi connectivity index (χ1v) is 5.56. The average molecular weight is 254 g/mol. The van der Waals surface area contributed by atoms with Gasteiger partial charge in [0, 0.05) is 7.11 Å². The number of methoxy groups -OCH3 is 1. The van der Waals surface area contributed by atoms with Gasteiger partial charge in [0.2, 0.25) is 0 Å². The molecule has 1 atom stereocenters. The molecule has 0 fully saturated rings. The minimum absolute atomic E-state index is 0.147. The number of nitrogens with one attached hydrogen (secondary N) is 1. The third-order valence-corrected chi connectivity index (χ3v) is 2.17. The van der Waals surface area contributed by atoms with E-state index in [2.05, 4.69) is 0 Å². The van der Waals surface area contributed by atoms with Crippen LogP contribution in [0.25, 0.3) is 0 Å². The molecule has 0 saturated carbocycles. The number of hydrazine groups is 1. The van der Waals surface area contributed by atoms with Gasteiger partial charge in [-0.2, -0.15) is 0 Å². The van der Waals surface area contributed by atoms with Gasteiger partial charge in [-0.3, -0.25) is 10.2 Å². The molecular weight excluding hydrogens is 236 g/mol. The molecule has 18 heavy (non-hydrogen) atoms. The summed E-state index contributed by atoms with van der Waals surface area (Å²) in [6.07, 6.45) is -0.723. The van der Waals surface area contributed by atoms with Crippen LogP contribution in [0.1, 0.15) is 0 Å². The Morgan fingerprint density at radius 3 is 2.67 bits per heavy atom. The Labute approximate surface area is 106 Å². The van der Waals surface area contributed by atoms with E-state index in [1.54, 1.807) is 0 Å². The topological polar surface area (TPSA) is 82.8 Å². The predicted molar refractivity (Wildman–Crippen MR) is 65.9 cm³/mol. The van der Waals surface area contributed by atoms with Crippen molar-refractivity contribution in [2.45, 2.75) is 6.10 Å². The normalized spacial score (nSPS) is 11.9. The van der Waals surface area contributed by atoms with Crippen molar-refractivity contribution in [1.29, 1.82) is 0 Å². The summed E-state index contributed by atoms with van der Waals surface area (Å²) in [7, 11) is 1.49. The van der Waals surface area contributed by atoms with Gasteiger partial charge in [-0.1, -0.05) is 18.2 Å². The predicted octanol–water partition coefficient (Wildman–Crippen LogP) is 0.0869. The van der Waals surface area contributed by atoms with Crippen molar-refractivity contribution in [1.82, 2.24) is 5.43 Å². The molecule has 0 heterocycles. The van der Waals surface area contributed by atoms with E-state index in [4.69, 9.17) is 20.1 Å². The van der Waals surface area contributed by atoms with E-state index in [1.807, 2.05) is 35.8 Å². The number of rotatable bonds is 8. The number of para-hydroxylation sites is 1. The fourth-order valence-electron chi connectivity index (χ4n) is 1.31. The SMILES string of the molecule is COCC(OCCOc1ccccc1)C(=O)NN. The fraction of sp³-hybridized carbons (Fsp3) is 0.417. The van der Waals surface area contributed by atoms with Gasteiger partial charge in [0.05, 0.1) is 13.2 Å². The molecule has 100 valence electrons. The molecule has 0 saturated heterocycles. The molecule has 0 spiro atoms. The van der Waals surface area contributed by atoms with E-state index in [9.17, 15) is 4.79 Å². The smallest absolute Gasteiger partial charge is 0.265 e. The highest BCUT2D eigenvalue weighted by Gasteiger charge is 2.17. The summed E-state index contributed by atoms with van der Waals surface area (Å²) < 4.78 is 15.6. The molecule has 1 amide bonds. The fourth-order valence-corrected chi connectivity index (χ4v) is 1.31. The second-order valence-electron chi connectivity index (χ2n) is 3.48. The summed E-state index contributed by atoms with van der Waals surface area (Å²) in [5, 5.41) is 0. The lowest BCUT2D eigenvalue weighted by Crippen LogP contribution is -2.43. The first-order chi connectivity index (χ1) is 8.77.